The van der Waals surface area contributed by atoms with Crippen molar-refractivity contribution in [1.29, 1.82) is 0 Å². The first-order valence-corrected chi connectivity index (χ1v) is 15.4. The molecular formula is C38H20F6O10. The second kappa shape index (κ2) is 11.8. The minimum absolute atomic E-state index is 0.455. The number of alkyl halides is 6. The molecule has 54 heavy (non-hydrogen) atoms. The summed E-state index contributed by atoms with van der Waals surface area (Å²) in [6, 6.07) is 14.8. The van der Waals surface area contributed by atoms with E-state index in [0.29, 0.717) is 36.4 Å². The van der Waals surface area contributed by atoms with Gasteiger partial charge in [0.15, 0.2) is 0 Å². The van der Waals surface area contributed by atoms with Crippen molar-refractivity contribution in [3.8, 4) is 23.0 Å². The van der Waals surface area contributed by atoms with Crippen molar-refractivity contribution >= 4 is 23.9 Å². The van der Waals surface area contributed by atoms with Crippen LogP contribution in [0.2, 0.25) is 0 Å². The van der Waals surface area contributed by atoms with Crippen molar-refractivity contribution < 1.29 is 75.4 Å². The molecular weight excluding hydrogens is 730 g/mol. The van der Waals surface area contributed by atoms with Gasteiger partial charge in [-0.15, -0.1) is 0 Å². The molecule has 0 spiro atoms. The topological polar surface area (TPSA) is 168 Å². The number of carboxylic acid groups (broad SMARTS) is 4. The maximum absolute atomic E-state index is 16.2. The minimum atomic E-state index is -5.51. The van der Waals surface area contributed by atoms with Gasteiger partial charge in [0.2, 0.25) is 0 Å². The van der Waals surface area contributed by atoms with Crippen LogP contribution in [-0.2, 0) is 10.8 Å². The van der Waals surface area contributed by atoms with Gasteiger partial charge in [-0.2, -0.15) is 26.3 Å². The fourth-order valence-electron chi connectivity index (χ4n) is 7.40. The predicted molar refractivity (Wildman–Crippen MR) is 172 cm³/mol. The highest BCUT2D eigenvalue weighted by atomic mass is 19.4. The molecule has 0 aromatic heterocycles. The van der Waals surface area contributed by atoms with Gasteiger partial charge in [-0.25, -0.2) is 19.2 Å². The second-order valence-corrected chi connectivity index (χ2v) is 12.3. The molecule has 0 radical (unpaired) electrons. The summed E-state index contributed by atoms with van der Waals surface area (Å²) in [6.45, 7) is 0. The van der Waals surface area contributed by atoms with Crippen molar-refractivity contribution in [2.45, 2.75) is 23.2 Å². The third kappa shape index (κ3) is 4.82. The zero-order chi connectivity index (χ0) is 39.1. The molecule has 0 aliphatic carbocycles. The van der Waals surface area contributed by atoms with Gasteiger partial charge < -0.3 is 29.9 Å². The third-order valence-electron chi connectivity index (χ3n) is 9.56. The lowest BCUT2D eigenvalue weighted by Crippen LogP contribution is -2.49. The Hall–Kier alpha value is -6.84. The zero-order valence-electron chi connectivity index (χ0n) is 26.7. The lowest BCUT2D eigenvalue weighted by molar-refractivity contribution is -0.169. The molecule has 0 amide bonds. The summed E-state index contributed by atoms with van der Waals surface area (Å²) in [4.78, 5) is 48.7. The maximum Gasteiger partial charge on any atom is 0.406 e. The predicted octanol–water partition coefficient (Wildman–Crippen LogP) is 8.48. The highest BCUT2D eigenvalue weighted by molar-refractivity contribution is 6.03. The van der Waals surface area contributed by atoms with Gasteiger partial charge in [0.1, 0.15) is 33.8 Å². The lowest BCUT2D eigenvalue weighted by atomic mass is 9.62. The molecule has 2 aliphatic heterocycles. The molecule has 0 saturated heterocycles. The van der Waals surface area contributed by atoms with Gasteiger partial charge in [0.05, 0.1) is 22.3 Å². The van der Waals surface area contributed by atoms with E-state index in [4.69, 9.17) is 9.47 Å². The van der Waals surface area contributed by atoms with Crippen LogP contribution in [0.3, 0.4) is 0 Å². The maximum atomic E-state index is 16.2. The number of carboxylic acids is 4. The van der Waals surface area contributed by atoms with Crippen molar-refractivity contribution in [3.05, 3.63) is 153 Å². The summed E-state index contributed by atoms with van der Waals surface area (Å²) >= 11 is 0. The summed E-state index contributed by atoms with van der Waals surface area (Å²) in [5.41, 5.74) is -16.2. The summed E-state index contributed by atoms with van der Waals surface area (Å²) in [7, 11) is 0. The van der Waals surface area contributed by atoms with Crippen LogP contribution in [0.1, 0.15) is 74.8 Å². The molecule has 0 saturated carbocycles. The molecule has 0 fully saturated rings. The van der Waals surface area contributed by atoms with Crippen molar-refractivity contribution in [3.63, 3.8) is 0 Å². The number of carbonyl (C=O) groups is 4. The first kappa shape index (κ1) is 35.6. The van der Waals surface area contributed by atoms with Gasteiger partial charge >= 0.3 is 36.2 Å². The number of aromatic carboxylic acids is 4. The van der Waals surface area contributed by atoms with E-state index in [1.807, 2.05) is 0 Å². The summed E-state index contributed by atoms with van der Waals surface area (Å²) in [5.74, 6) is -10.6. The molecule has 5 aromatic carbocycles. The summed E-state index contributed by atoms with van der Waals surface area (Å²) in [5, 5.41) is 39.4. The Labute approximate surface area is 298 Å². The van der Waals surface area contributed by atoms with Gasteiger partial charge in [-0.3, -0.25) is 0 Å². The molecule has 274 valence electrons. The van der Waals surface area contributed by atoms with Gasteiger partial charge in [-0.05, 0) is 41.5 Å². The minimum Gasteiger partial charge on any atom is -0.478 e. The first-order chi connectivity index (χ1) is 25.3. The SMILES string of the molecule is O=C(O)c1cc2c(cc1C(=O)O)C(c1ccccc1)(C(F)(F)F)c1cc3c(cc1O2)Oc1cc(C(=O)O)c(C(=O)O)cc1C3(c1ccccc1)C(F)(F)F. The molecule has 2 heterocycles. The van der Waals surface area contributed by atoms with E-state index < -0.39 is 126 Å². The van der Waals surface area contributed by atoms with E-state index in [9.17, 15) is 39.6 Å². The fourth-order valence-corrected chi connectivity index (χ4v) is 7.40. The summed E-state index contributed by atoms with van der Waals surface area (Å²) < 4.78 is 109. The van der Waals surface area contributed by atoms with Crippen molar-refractivity contribution in [1.82, 2.24) is 0 Å². The Morgan fingerprint density at radius 3 is 1.00 bits per heavy atom. The van der Waals surface area contributed by atoms with Crippen LogP contribution in [-0.4, -0.2) is 56.7 Å². The zero-order valence-corrected chi connectivity index (χ0v) is 26.7. The van der Waals surface area contributed by atoms with Crippen LogP contribution in [0.15, 0.2) is 97.1 Å². The van der Waals surface area contributed by atoms with Gasteiger partial charge in [0.25, 0.3) is 0 Å². The number of hydrogen-bond acceptors (Lipinski definition) is 6. The van der Waals surface area contributed by atoms with Crippen molar-refractivity contribution in [2.75, 3.05) is 0 Å². The smallest absolute Gasteiger partial charge is 0.406 e. The van der Waals surface area contributed by atoms with Gasteiger partial charge in [-0.1, -0.05) is 60.7 Å². The van der Waals surface area contributed by atoms with Crippen LogP contribution in [0.25, 0.3) is 0 Å². The largest absolute Gasteiger partial charge is 0.478 e. The van der Waals surface area contributed by atoms with Crippen molar-refractivity contribution in [2.24, 2.45) is 0 Å². The highest BCUT2D eigenvalue weighted by Crippen LogP contribution is 2.65. The summed E-state index contributed by atoms with van der Waals surface area (Å²) in [6.07, 6.45) is -11.0. The Balaban J connectivity index is 1.69. The first-order valence-electron chi connectivity index (χ1n) is 15.4. The average molecular weight is 751 g/mol. The molecule has 2 unspecified atom stereocenters. The van der Waals surface area contributed by atoms with E-state index >= 15 is 26.3 Å². The fraction of sp³-hybridized carbons (Fsp3) is 0.105. The Morgan fingerprint density at radius 2 is 0.704 bits per heavy atom. The molecule has 7 rings (SSSR count). The van der Waals surface area contributed by atoms with E-state index in [1.54, 1.807) is 0 Å². The highest BCUT2D eigenvalue weighted by Gasteiger charge is 2.66. The molecule has 16 heteroatoms. The van der Waals surface area contributed by atoms with Crippen LogP contribution >= 0.6 is 0 Å². The Morgan fingerprint density at radius 1 is 0.426 bits per heavy atom. The number of ether oxygens (including phenoxy) is 2. The number of fused-ring (bicyclic) bond motifs is 4. The molecule has 10 nitrogen and oxygen atoms in total. The Kier molecular flexibility index (Phi) is 7.80. The van der Waals surface area contributed by atoms with Crippen LogP contribution in [0, 0.1) is 0 Å². The quantitative estimate of drug-likeness (QED) is 0.124. The van der Waals surface area contributed by atoms with Gasteiger partial charge in [0, 0.05) is 28.3 Å². The molecule has 0 bridgehead atoms. The molecule has 5 aromatic rings. The van der Waals surface area contributed by atoms with Crippen LogP contribution in [0.4, 0.5) is 26.3 Å². The number of rotatable bonds is 6. The number of benzene rings is 5. The molecule has 4 N–H and O–H groups in total. The Bertz CT molecular complexity index is 2280. The normalized spacial score (nSPS) is 18.5. The monoisotopic (exact) mass is 750 g/mol. The lowest BCUT2D eigenvalue weighted by Gasteiger charge is -2.45. The second-order valence-electron chi connectivity index (χ2n) is 12.3. The van der Waals surface area contributed by atoms with E-state index in [1.165, 1.54) is 36.4 Å². The number of halogens is 6. The van der Waals surface area contributed by atoms with E-state index in [2.05, 4.69) is 0 Å². The third-order valence-corrected chi connectivity index (χ3v) is 9.56. The van der Waals surface area contributed by atoms with E-state index in [0.717, 1.165) is 24.3 Å². The van der Waals surface area contributed by atoms with E-state index in [-0.39, 0.29) is 0 Å². The standard InChI is InChI=1S/C38H20F6O10/c39-37(40,41)35(17-7-3-1-4-8-17)23-11-19(31(45)46)21(33(49)50)13-27(23)53-29-16-30-26(15-25(29)35)36(38(42,43)44,18-9-5-2-6-10-18)24-12-20(32(47)48)22(34(51)52)14-28(24)54-30/h1-16H,(H,45,46)(H,47,48)(H,49,50)(H,51,52). The average Bonchev–Trinajstić information content (AvgIpc) is 3.10. The van der Waals surface area contributed by atoms with Crippen LogP contribution < -0.4 is 9.47 Å². The van der Waals surface area contributed by atoms with Crippen LogP contribution in [0.5, 0.6) is 23.0 Å². The molecule has 2 aliphatic rings. The molecule has 2 atom stereocenters. The number of hydrogen-bond donors (Lipinski definition) is 4.